The van der Waals surface area contributed by atoms with Crippen LogP contribution >= 0.6 is 0 Å². The first-order valence-electron chi connectivity index (χ1n) is 11.5. The Hall–Kier alpha value is -3.07. The first-order valence-corrected chi connectivity index (χ1v) is 11.5. The average Bonchev–Trinajstić information content (AvgIpc) is 3.56. The summed E-state index contributed by atoms with van der Waals surface area (Å²) in [5.41, 5.74) is 7.91. The van der Waals surface area contributed by atoms with Crippen molar-refractivity contribution in [2.24, 2.45) is 11.8 Å². The standard InChI is InChI=1S/C29H27O3/c1-15-16(2)20-13-22(20)25-19-11-12-29(4,5)32-27(19)26-21(18-9-7-6-8-10-18)14-23(30)31-28(26)24(25)17(15)3/h6-17H,1-5H3/t15-,16+,17+/m0/s1. The minimum atomic E-state index is -0.445. The van der Waals surface area contributed by atoms with Gasteiger partial charge in [-0.2, -0.15) is 0 Å². The van der Waals surface area contributed by atoms with Gasteiger partial charge in [-0.25, -0.2) is 4.79 Å². The summed E-state index contributed by atoms with van der Waals surface area (Å²) in [6.07, 6.45) is 6.64. The van der Waals surface area contributed by atoms with Crippen molar-refractivity contribution in [2.45, 2.75) is 46.1 Å². The minimum absolute atomic E-state index is 0.242. The van der Waals surface area contributed by atoms with Gasteiger partial charge in [-0.3, -0.25) is 0 Å². The van der Waals surface area contributed by atoms with Crippen molar-refractivity contribution >= 4 is 22.6 Å². The van der Waals surface area contributed by atoms with Crippen molar-refractivity contribution in [1.82, 2.24) is 0 Å². The molecule has 1 aliphatic heterocycles. The third-order valence-electron chi connectivity index (χ3n) is 7.64. The van der Waals surface area contributed by atoms with Crippen LogP contribution in [0.4, 0.5) is 0 Å². The summed E-state index contributed by atoms with van der Waals surface area (Å²) < 4.78 is 12.6. The van der Waals surface area contributed by atoms with Crippen LogP contribution in [0.1, 0.15) is 57.2 Å². The summed E-state index contributed by atoms with van der Waals surface area (Å²) >= 11 is 0. The lowest BCUT2D eigenvalue weighted by Crippen LogP contribution is -2.28. The molecule has 1 aromatic heterocycles. The van der Waals surface area contributed by atoms with Gasteiger partial charge in [-0.1, -0.05) is 62.8 Å². The van der Waals surface area contributed by atoms with Gasteiger partial charge in [0.25, 0.3) is 0 Å². The molecule has 0 fully saturated rings. The molecule has 3 nitrogen and oxygen atoms in total. The third-order valence-corrected chi connectivity index (χ3v) is 7.64. The van der Waals surface area contributed by atoms with Crippen LogP contribution in [-0.2, 0) is 0 Å². The molecule has 161 valence electrons. The fraction of sp³-hybridized carbons (Fsp3) is 0.310. The van der Waals surface area contributed by atoms with E-state index >= 15 is 0 Å². The van der Waals surface area contributed by atoms with E-state index in [1.807, 2.05) is 30.3 Å². The van der Waals surface area contributed by atoms with Crippen LogP contribution in [0.3, 0.4) is 0 Å². The average molecular weight is 424 g/mol. The zero-order chi connectivity index (χ0) is 22.4. The maximum absolute atomic E-state index is 12.8. The van der Waals surface area contributed by atoms with Gasteiger partial charge in [-0.05, 0) is 54.4 Å². The molecule has 0 spiro atoms. The molecule has 0 saturated heterocycles. The topological polar surface area (TPSA) is 39.4 Å². The summed E-state index contributed by atoms with van der Waals surface area (Å²) in [6, 6.07) is 11.7. The number of fused-ring (bicyclic) bond motifs is 7. The fourth-order valence-electron chi connectivity index (χ4n) is 5.52. The van der Waals surface area contributed by atoms with Crippen LogP contribution < -0.4 is 10.4 Å². The third kappa shape index (κ3) is 2.70. The maximum Gasteiger partial charge on any atom is 0.336 e. The molecule has 3 aromatic rings. The first kappa shape index (κ1) is 19.6. The Kier molecular flexibility index (Phi) is 3.97. The van der Waals surface area contributed by atoms with Crippen molar-refractivity contribution in [3.8, 4) is 16.9 Å². The minimum Gasteiger partial charge on any atom is -0.482 e. The normalized spacial score (nSPS) is 25.0. The van der Waals surface area contributed by atoms with E-state index in [0.29, 0.717) is 17.4 Å². The molecule has 0 amide bonds. The highest BCUT2D eigenvalue weighted by atomic mass is 16.5. The van der Waals surface area contributed by atoms with Gasteiger partial charge < -0.3 is 9.15 Å². The molecule has 3 aliphatic rings. The van der Waals surface area contributed by atoms with Gasteiger partial charge in [0, 0.05) is 29.2 Å². The molecule has 3 atom stereocenters. The van der Waals surface area contributed by atoms with E-state index in [4.69, 9.17) is 9.15 Å². The van der Waals surface area contributed by atoms with E-state index in [0.717, 1.165) is 33.4 Å². The zero-order valence-electron chi connectivity index (χ0n) is 19.2. The van der Waals surface area contributed by atoms with Crippen LogP contribution in [0.2, 0.25) is 0 Å². The smallest absolute Gasteiger partial charge is 0.336 e. The number of allylic oxidation sites excluding steroid dienone is 2. The lowest BCUT2D eigenvalue weighted by atomic mass is 9.77. The largest absolute Gasteiger partial charge is 0.482 e. The van der Waals surface area contributed by atoms with E-state index in [9.17, 15) is 4.79 Å². The summed E-state index contributed by atoms with van der Waals surface area (Å²) in [6.45, 7) is 11.0. The number of rotatable bonds is 1. The van der Waals surface area contributed by atoms with Crippen molar-refractivity contribution in [3.05, 3.63) is 81.6 Å². The molecule has 0 unspecified atom stereocenters. The monoisotopic (exact) mass is 423 g/mol. The van der Waals surface area contributed by atoms with Crippen LogP contribution in [0.25, 0.3) is 33.7 Å². The maximum atomic E-state index is 12.8. The molecule has 2 aliphatic carbocycles. The molecule has 0 saturated carbocycles. The Morgan fingerprint density at radius 2 is 1.75 bits per heavy atom. The Labute approximate surface area is 188 Å². The highest BCUT2D eigenvalue weighted by Crippen LogP contribution is 2.59. The number of ether oxygens (including phenoxy) is 1. The van der Waals surface area contributed by atoms with Crippen molar-refractivity contribution in [3.63, 3.8) is 0 Å². The Balaban J connectivity index is 1.82. The lowest BCUT2D eigenvalue weighted by molar-refractivity contribution is 0.161. The van der Waals surface area contributed by atoms with Crippen LogP contribution in [0.15, 0.2) is 57.3 Å². The molecule has 32 heavy (non-hydrogen) atoms. The van der Waals surface area contributed by atoms with Gasteiger partial charge in [0.15, 0.2) is 0 Å². The fourth-order valence-corrected chi connectivity index (χ4v) is 5.52. The molecule has 6 rings (SSSR count). The molecular formula is C29H27O3. The second-order valence-corrected chi connectivity index (χ2v) is 10.1. The molecule has 2 aromatic carbocycles. The Bertz CT molecular complexity index is 1400. The van der Waals surface area contributed by atoms with Gasteiger partial charge >= 0.3 is 5.63 Å². The summed E-state index contributed by atoms with van der Waals surface area (Å²) in [5.74, 6) is 1.95. The quantitative estimate of drug-likeness (QED) is 0.395. The summed E-state index contributed by atoms with van der Waals surface area (Å²) in [7, 11) is 0. The highest BCUT2D eigenvalue weighted by molar-refractivity contribution is 6.09. The number of hydrogen-bond acceptors (Lipinski definition) is 3. The predicted molar refractivity (Wildman–Crippen MR) is 130 cm³/mol. The van der Waals surface area contributed by atoms with Crippen LogP contribution in [0.5, 0.6) is 5.75 Å². The number of hydrogen-bond donors (Lipinski definition) is 0. The molecule has 0 N–H and O–H groups in total. The highest BCUT2D eigenvalue weighted by Gasteiger charge is 2.43. The number of benzene rings is 2. The van der Waals surface area contributed by atoms with Gasteiger partial charge in [0.2, 0.25) is 0 Å². The second kappa shape index (κ2) is 6.48. The van der Waals surface area contributed by atoms with Crippen molar-refractivity contribution < 1.29 is 9.15 Å². The van der Waals surface area contributed by atoms with E-state index in [1.165, 1.54) is 16.7 Å². The van der Waals surface area contributed by atoms with E-state index < -0.39 is 5.60 Å². The Morgan fingerprint density at radius 3 is 2.50 bits per heavy atom. The molecule has 2 heterocycles. The molecule has 1 radical (unpaired) electrons. The van der Waals surface area contributed by atoms with Crippen LogP contribution in [0, 0.1) is 18.3 Å². The lowest BCUT2D eigenvalue weighted by Gasteiger charge is -2.33. The zero-order valence-corrected chi connectivity index (χ0v) is 19.2. The van der Waals surface area contributed by atoms with Crippen molar-refractivity contribution in [1.29, 1.82) is 0 Å². The molecule has 3 heteroatoms. The first-order chi connectivity index (χ1) is 15.3. The van der Waals surface area contributed by atoms with E-state index in [-0.39, 0.29) is 11.5 Å². The van der Waals surface area contributed by atoms with Crippen molar-refractivity contribution in [2.75, 3.05) is 0 Å². The van der Waals surface area contributed by atoms with Gasteiger partial charge in [0.1, 0.15) is 16.9 Å². The predicted octanol–water partition coefficient (Wildman–Crippen LogP) is 7.00. The summed E-state index contributed by atoms with van der Waals surface area (Å²) in [4.78, 5) is 12.8. The second-order valence-electron chi connectivity index (χ2n) is 10.1. The van der Waals surface area contributed by atoms with E-state index in [2.05, 4.69) is 53.2 Å². The summed E-state index contributed by atoms with van der Waals surface area (Å²) in [5, 5.41) is 0.901. The van der Waals surface area contributed by atoms with Gasteiger partial charge in [-0.15, -0.1) is 0 Å². The molecule has 0 bridgehead atoms. The molecular weight excluding hydrogens is 396 g/mol. The van der Waals surface area contributed by atoms with Crippen LogP contribution in [-0.4, -0.2) is 5.60 Å². The van der Waals surface area contributed by atoms with Gasteiger partial charge in [0.05, 0.1) is 5.39 Å². The van der Waals surface area contributed by atoms with E-state index in [1.54, 1.807) is 6.07 Å². The SMILES string of the molecule is C[C@H]1[C@@H](C)C2=C([CH]2)c2c3c(c4c(-c5ccccc5)cc(=O)oc4c2[C@@H]1C)OC(C)(C)C=C3. The Morgan fingerprint density at radius 1 is 1.00 bits per heavy atom.